The topological polar surface area (TPSA) is 110 Å². The van der Waals surface area contributed by atoms with E-state index in [0.717, 1.165) is 16.0 Å². The molecule has 0 bridgehead atoms. The van der Waals surface area contributed by atoms with E-state index in [2.05, 4.69) is 10.1 Å². The van der Waals surface area contributed by atoms with E-state index in [1.54, 1.807) is 23.9 Å². The summed E-state index contributed by atoms with van der Waals surface area (Å²) in [6, 6.07) is 12.9. The standard InChI is InChI=1S/C31H30F3N5O4/c1-37-27(20-7-9-21-19(15-20)8-10-22(21)40)25-26(36-37)30(42)39(17-35-25)16-31(43)11-13-38(14-12-31)29(41)24(32)23(28(33)34)18-5-3-2-4-6-18/h2-7,9,15,17,23-24,28,43H,8,10-14,16H2,1H3. The van der Waals surface area contributed by atoms with Crippen LogP contribution >= 0.6 is 0 Å². The van der Waals surface area contributed by atoms with Crippen molar-refractivity contribution in [2.75, 3.05) is 13.1 Å². The van der Waals surface area contributed by atoms with Gasteiger partial charge in [0.15, 0.2) is 17.5 Å². The van der Waals surface area contributed by atoms with Gasteiger partial charge in [0.1, 0.15) is 5.52 Å². The zero-order valence-corrected chi connectivity index (χ0v) is 23.4. The monoisotopic (exact) mass is 593 g/mol. The Bertz CT molecular complexity index is 1760. The fraction of sp³-hybridized carbons (Fsp3) is 0.387. The SMILES string of the molecule is Cn1nc2c(=O)n(CC3(O)CCN(C(=O)C(F)C(c4ccccc4)C(F)F)CC3)cnc2c1-c1ccc2c(c1)CCC2=O. The normalized spacial score (nSPS) is 17.8. The maximum absolute atomic E-state index is 15.2. The number of Topliss-reactive ketones (excluding diaryl/α,β-unsaturated/α-hetero) is 1. The van der Waals surface area contributed by atoms with Crippen LogP contribution in [0.5, 0.6) is 0 Å². The Morgan fingerprint density at radius 1 is 1.02 bits per heavy atom. The summed E-state index contributed by atoms with van der Waals surface area (Å²) in [6.07, 6.45) is -3.01. The van der Waals surface area contributed by atoms with E-state index in [9.17, 15) is 28.3 Å². The maximum Gasteiger partial charge on any atom is 0.281 e. The van der Waals surface area contributed by atoms with Gasteiger partial charge in [0, 0.05) is 37.7 Å². The molecule has 2 aliphatic rings. The number of hydrogen-bond donors (Lipinski definition) is 1. The van der Waals surface area contributed by atoms with Crippen LogP contribution in [0.2, 0.25) is 0 Å². The number of hydrogen-bond acceptors (Lipinski definition) is 6. The summed E-state index contributed by atoms with van der Waals surface area (Å²) < 4.78 is 45.5. The first-order chi connectivity index (χ1) is 20.6. The molecule has 0 saturated carbocycles. The lowest BCUT2D eigenvalue weighted by Gasteiger charge is -2.39. The predicted molar refractivity (Wildman–Crippen MR) is 152 cm³/mol. The molecule has 2 atom stereocenters. The van der Waals surface area contributed by atoms with Crippen LogP contribution in [0.1, 0.15) is 46.7 Å². The van der Waals surface area contributed by atoms with E-state index in [-0.39, 0.29) is 49.3 Å². The van der Waals surface area contributed by atoms with Gasteiger partial charge < -0.3 is 10.0 Å². The molecule has 1 aliphatic heterocycles. The van der Waals surface area contributed by atoms with E-state index >= 15 is 4.39 Å². The molecule has 224 valence electrons. The van der Waals surface area contributed by atoms with Gasteiger partial charge in [-0.15, -0.1) is 0 Å². The first-order valence-electron chi connectivity index (χ1n) is 14.1. The van der Waals surface area contributed by atoms with Crippen LogP contribution in [-0.4, -0.2) is 72.3 Å². The molecule has 1 N–H and O–H groups in total. The molecule has 1 fully saturated rings. The minimum absolute atomic E-state index is 0.0158. The van der Waals surface area contributed by atoms with Crippen molar-refractivity contribution in [2.45, 2.75) is 56.3 Å². The number of nitrogens with zero attached hydrogens (tertiary/aromatic N) is 5. The van der Waals surface area contributed by atoms with Crippen LogP contribution in [0, 0.1) is 0 Å². The van der Waals surface area contributed by atoms with Crippen molar-refractivity contribution in [3.8, 4) is 11.3 Å². The highest BCUT2D eigenvalue weighted by molar-refractivity contribution is 6.01. The highest BCUT2D eigenvalue weighted by Crippen LogP contribution is 2.33. The second-order valence-corrected chi connectivity index (χ2v) is 11.4. The fourth-order valence-electron chi connectivity index (χ4n) is 6.20. The largest absolute Gasteiger partial charge is 0.388 e. The fourth-order valence-corrected chi connectivity index (χ4v) is 6.20. The second-order valence-electron chi connectivity index (χ2n) is 11.4. The number of carbonyl (C=O) groups is 2. The first kappa shape index (κ1) is 28.8. The van der Waals surface area contributed by atoms with Gasteiger partial charge in [0.25, 0.3) is 11.5 Å². The van der Waals surface area contributed by atoms with Crippen molar-refractivity contribution in [1.29, 1.82) is 0 Å². The van der Waals surface area contributed by atoms with E-state index in [0.29, 0.717) is 29.6 Å². The molecule has 2 aromatic carbocycles. The number of likely N-dealkylation sites (tertiary alicyclic amines) is 1. The molecule has 2 unspecified atom stereocenters. The average Bonchev–Trinajstić information content (AvgIpc) is 3.53. The van der Waals surface area contributed by atoms with Crippen molar-refractivity contribution in [2.24, 2.45) is 7.05 Å². The first-order valence-corrected chi connectivity index (χ1v) is 14.1. The smallest absolute Gasteiger partial charge is 0.281 e. The minimum atomic E-state index is -3.07. The van der Waals surface area contributed by atoms with Crippen LogP contribution in [-0.2, 0) is 24.8 Å². The number of rotatable bonds is 7. The number of ketones is 1. The van der Waals surface area contributed by atoms with E-state index in [1.807, 2.05) is 12.1 Å². The molecule has 1 saturated heterocycles. The van der Waals surface area contributed by atoms with E-state index < -0.39 is 35.6 Å². The molecule has 6 rings (SSSR count). The number of alkyl halides is 3. The number of aromatic nitrogens is 4. The molecule has 12 heteroatoms. The molecule has 4 aromatic rings. The molecule has 43 heavy (non-hydrogen) atoms. The van der Waals surface area contributed by atoms with Gasteiger partial charge in [-0.2, -0.15) is 5.10 Å². The Kier molecular flexibility index (Phi) is 7.41. The van der Waals surface area contributed by atoms with Crippen molar-refractivity contribution in [1.82, 2.24) is 24.2 Å². The van der Waals surface area contributed by atoms with Crippen LogP contribution in [0.15, 0.2) is 59.7 Å². The zero-order chi connectivity index (χ0) is 30.5. The molecular formula is C31H30F3N5O4. The number of benzene rings is 2. The molecule has 2 aromatic heterocycles. The highest BCUT2D eigenvalue weighted by atomic mass is 19.3. The Morgan fingerprint density at radius 3 is 2.44 bits per heavy atom. The Morgan fingerprint density at radius 2 is 1.74 bits per heavy atom. The van der Waals surface area contributed by atoms with Gasteiger partial charge in [-0.25, -0.2) is 18.2 Å². The molecule has 3 heterocycles. The molecule has 9 nitrogen and oxygen atoms in total. The lowest BCUT2D eigenvalue weighted by molar-refractivity contribution is -0.143. The summed E-state index contributed by atoms with van der Waals surface area (Å²) in [5, 5.41) is 15.7. The summed E-state index contributed by atoms with van der Waals surface area (Å²) in [5.74, 6) is -2.83. The highest BCUT2D eigenvalue weighted by Gasteiger charge is 2.42. The lowest BCUT2D eigenvalue weighted by atomic mass is 9.89. The van der Waals surface area contributed by atoms with Crippen LogP contribution < -0.4 is 5.56 Å². The van der Waals surface area contributed by atoms with Crippen molar-refractivity contribution < 1.29 is 27.9 Å². The number of carbonyl (C=O) groups excluding carboxylic acids is 2. The summed E-state index contributed by atoms with van der Waals surface area (Å²) >= 11 is 0. The number of halogens is 3. The molecule has 0 spiro atoms. The predicted octanol–water partition coefficient (Wildman–Crippen LogP) is 3.67. The lowest BCUT2D eigenvalue weighted by Crippen LogP contribution is -2.52. The number of aliphatic hydroxyl groups is 1. The third-order valence-corrected chi connectivity index (χ3v) is 8.59. The number of amides is 1. The van der Waals surface area contributed by atoms with Gasteiger partial charge in [-0.3, -0.25) is 23.6 Å². The Balaban J connectivity index is 1.17. The summed E-state index contributed by atoms with van der Waals surface area (Å²) in [4.78, 5) is 44.0. The van der Waals surface area contributed by atoms with Gasteiger partial charge >= 0.3 is 0 Å². The van der Waals surface area contributed by atoms with E-state index in [1.165, 1.54) is 35.2 Å². The quantitative estimate of drug-likeness (QED) is 0.350. The minimum Gasteiger partial charge on any atom is -0.388 e. The van der Waals surface area contributed by atoms with Gasteiger partial charge in [0.2, 0.25) is 6.43 Å². The average molecular weight is 594 g/mol. The third kappa shape index (κ3) is 5.24. The number of fused-ring (bicyclic) bond motifs is 2. The second kappa shape index (κ2) is 11.1. The van der Waals surface area contributed by atoms with Crippen LogP contribution in [0.4, 0.5) is 13.2 Å². The molecule has 0 radical (unpaired) electrons. The van der Waals surface area contributed by atoms with Gasteiger partial charge in [-0.05, 0) is 36.5 Å². The van der Waals surface area contributed by atoms with Crippen molar-refractivity contribution in [3.05, 3.63) is 81.9 Å². The van der Waals surface area contributed by atoms with Gasteiger partial charge in [0.05, 0.1) is 30.1 Å². The molecule has 1 aliphatic carbocycles. The summed E-state index contributed by atoms with van der Waals surface area (Å²) in [7, 11) is 1.70. The summed E-state index contributed by atoms with van der Waals surface area (Å²) in [6.45, 7) is -0.245. The van der Waals surface area contributed by atoms with Crippen LogP contribution in [0.3, 0.4) is 0 Å². The Hall–Kier alpha value is -4.32. The summed E-state index contributed by atoms with van der Waals surface area (Å²) in [5.41, 5.74) is 1.75. The molecular weight excluding hydrogens is 563 g/mol. The van der Waals surface area contributed by atoms with Crippen molar-refractivity contribution >= 4 is 22.7 Å². The maximum atomic E-state index is 15.2. The van der Waals surface area contributed by atoms with Gasteiger partial charge in [-0.1, -0.05) is 42.5 Å². The number of aryl methyl sites for hydroxylation is 2. The number of piperidine rings is 1. The Labute approximate surface area is 244 Å². The molecule has 1 amide bonds. The van der Waals surface area contributed by atoms with Crippen LogP contribution in [0.25, 0.3) is 22.3 Å². The van der Waals surface area contributed by atoms with Crippen molar-refractivity contribution in [3.63, 3.8) is 0 Å². The zero-order valence-electron chi connectivity index (χ0n) is 23.4. The third-order valence-electron chi connectivity index (χ3n) is 8.59. The van der Waals surface area contributed by atoms with E-state index in [4.69, 9.17) is 0 Å².